The molecule has 1 aromatic rings. The zero-order chi connectivity index (χ0) is 13.2. The summed E-state index contributed by atoms with van der Waals surface area (Å²) >= 11 is 0. The summed E-state index contributed by atoms with van der Waals surface area (Å²) in [6, 6.07) is 9.43. The van der Waals surface area contributed by atoms with Crippen molar-refractivity contribution in [2.45, 2.75) is 25.3 Å². The van der Waals surface area contributed by atoms with Gasteiger partial charge in [0.25, 0.3) is 5.91 Å². The van der Waals surface area contributed by atoms with Gasteiger partial charge in [0, 0.05) is 30.6 Å². The third kappa shape index (κ3) is 2.78. The lowest BCUT2D eigenvalue weighted by atomic mass is 10.2. The Hall–Kier alpha value is -1.84. The van der Waals surface area contributed by atoms with Gasteiger partial charge in [-0.3, -0.25) is 9.59 Å². The van der Waals surface area contributed by atoms with Crippen LogP contribution < -0.4 is 5.32 Å². The number of carbonyl (C=O) groups excluding carboxylic acids is 2. The van der Waals surface area contributed by atoms with E-state index in [1.165, 1.54) is 0 Å². The molecule has 2 amide bonds. The summed E-state index contributed by atoms with van der Waals surface area (Å²) in [5.41, 5.74) is 0.719. The largest absolute Gasteiger partial charge is 0.351 e. The van der Waals surface area contributed by atoms with Gasteiger partial charge in [0.15, 0.2) is 0 Å². The predicted octanol–water partition coefficient (Wildman–Crippen LogP) is 1.43. The molecule has 0 bridgehead atoms. The van der Waals surface area contributed by atoms with E-state index < -0.39 is 0 Å². The molecule has 0 aromatic heterocycles. The van der Waals surface area contributed by atoms with Gasteiger partial charge in [0.2, 0.25) is 5.91 Å². The molecule has 1 saturated carbocycles. The van der Waals surface area contributed by atoms with Gasteiger partial charge in [-0.05, 0) is 31.4 Å². The first-order chi connectivity index (χ1) is 9.24. The average Bonchev–Trinajstić information content (AvgIpc) is 3.20. The second-order valence-electron chi connectivity index (χ2n) is 5.39. The fourth-order valence-corrected chi connectivity index (χ4v) is 2.49. The van der Waals surface area contributed by atoms with E-state index in [0.717, 1.165) is 31.4 Å². The number of carbonyl (C=O) groups is 2. The molecule has 0 spiro atoms. The summed E-state index contributed by atoms with van der Waals surface area (Å²) < 4.78 is 0. The topological polar surface area (TPSA) is 49.4 Å². The highest BCUT2D eigenvalue weighted by atomic mass is 16.2. The van der Waals surface area contributed by atoms with E-state index in [4.69, 9.17) is 0 Å². The number of likely N-dealkylation sites (tertiary alicyclic amines) is 1. The number of rotatable bonds is 3. The second kappa shape index (κ2) is 5.03. The Morgan fingerprint density at radius 2 is 1.84 bits per heavy atom. The zero-order valence-electron chi connectivity index (χ0n) is 10.8. The minimum absolute atomic E-state index is 0.0590. The monoisotopic (exact) mass is 258 g/mol. The SMILES string of the molecule is O=C(N[C@@H]1CCN(C(=O)c2ccccc2)C1)C1CC1. The van der Waals surface area contributed by atoms with Gasteiger partial charge >= 0.3 is 0 Å². The maximum Gasteiger partial charge on any atom is 0.253 e. The van der Waals surface area contributed by atoms with Crippen molar-refractivity contribution in [3.05, 3.63) is 35.9 Å². The molecule has 1 aliphatic carbocycles. The third-order valence-corrected chi connectivity index (χ3v) is 3.79. The van der Waals surface area contributed by atoms with E-state index in [-0.39, 0.29) is 23.8 Å². The van der Waals surface area contributed by atoms with Gasteiger partial charge in [-0.25, -0.2) is 0 Å². The quantitative estimate of drug-likeness (QED) is 0.891. The Bertz CT molecular complexity index is 482. The number of amides is 2. The highest BCUT2D eigenvalue weighted by Crippen LogP contribution is 2.29. The van der Waals surface area contributed by atoms with Crippen LogP contribution in [-0.4, -0.2) is 35.8 Å². The molecule has 1 aromatic carbocycles. The molecule has 4 heteroatoms. The van der Waals surface area contributed by atoms with Crippen molar-refractivity contribution in [2.75, 3.05) is 13.1 Å². The molecule has 1 N–H and O–H groups in total. The normalized spacial score (nSPS) is 22.3. The third-order valence-electron chi connectivity index (χ3n) is 3.79. The van der Waals surface area contributed by atoms with Crippen LogP contribution in [-0.2, 0) is 4.79 Å². The van der Waals surface area contributed by atoms with Crippen LogP contribution in [0.15, 0.2) is 30.3 Å². The molecule has 19 heavy (non-hydrogen) atoms. The van der Waals surface area contributed by atoms with Gasteiger partial charge in [0.1, 0.15) is 0 Å². The predicted molar refractivity (Wildman–Crippen MR) is 71.6 cm³/mol. The molecule has 3 rings (SSSR count). The molecule has 4 nitrogen and oxygen atoms in total. The fourth-order valence-electron chi connectivity index (χ4n) is 2.49. The first-order valence-electron chi connectivity index (χ1n) is 6.89. The summed E-state index contributed by atoms with van der Waals surface area (Å²) in [4.78, 5) is 25.8. The molecule has 0 unspecified atom stereocenters. The molecule has 1 atom stereocenters. The fraction of sp³-hybridized carbons (Fsp3) is 0.467. The van der Waals surface area contributed by atoms with Crippen molar-refractivity contribution in [1.82, 2.24) is 10.2 Å². The maximum absolute atomic E-state index is 12.2. The molecule has 2 aliphatic rings. The Balaban J connectivity index is 1.56. The van der Waals surface area contributed by atoms with Crippen LogP contribution in [0.3, 0.4) is 0 Å². The zero-order valence-corrected chi connectivity index (χ0v) is 10.8. The van der Waals surface area contributed by atoms with E-state index >= 15 is 0 Å². The van der Waals surface area contributed by atoms with Gasteiger partial charge in [-0.1, -0.05) is 18.2 Å². The van der Waals surface area contributed by atoms with Crippen LogP contribution in [0.25, 0.3) is 0 Å². The lowest BCUT2D eigenvalue weighted by Crippen LogP contribution is -2.39. The average molecular weight is 258 g/mol. The number of nitrogens with one attached hydrogen (secondary N) is 1. The van der Waals surface area contributed by atoms with E-state index in [0.29, 0.717) is 6.54 Å². The van der Waals surface area contributed by atoms with Gasteiger partial charge in [-0.15, -0.1) is 0 Å². The van der Waals surface area contributed by atoms with Gasteiger partial charge < -0.3 is 10.2 Å². The van der Waals surface area contributed by atoms with E-state index in [1.807, 2.05) is 35.2 Å². The van der Waals surface area contributed by atoms with Crippen LogP contribution in [0, 0.1) is 5.92 Å². The lowest BCUT2D eigenvalue weighted by Gasteiger charge is -2.17. The molecule has 100 valence electrons. The highest BCUT2D eigenvalue weighted by Gasteiger charge is 2.33. The summed E-state index contributed by atoms with van der Waals surface area (Å²) in [6.45, 7) is 1.36. The highest BCUT2D eigenvalue weighted by molar-refractivity contribution is 5.94. The first kappa shape index (κ1) is 12.2. The van der Waals surface area contributed by atoms with Crippen LogP contribution in [0.5, 0.6) is 0 Å². The number of hydrogen-bond acceptors (Lipinski definition) is 2. The minimum atomic E-state index is 0.0590. The molecule has 2 fully saturated rings. The number of nitrogens with zero attached hydrogens (tertiary/aromatic N) is 1. The van der Waals surface area contributed by atoms with Crippen molar-refractivity contribution in [3.63, 3.8) is 0 Å². The van der Waals surface area contributed by atoms with Gasteiger partial charge in [0.05, 0.1) is 0 Å². The van der Waals surface area contributed by atoms with E-state index in [1.54, 1.807) is 0 Å². The number of benzene rings is 1. The Labute approximate surface area is 112 Å². The van der Waals surface area contributed by atoms with E-state index in [2.05, 4.69) is 5.32 Å². The summed E-state index contributed by atoms with van der Waals surface area (Å²) in [6.07, 6.45) is 2.90. The summed E-state index contributed by atoms with van der Waals surface area (Å²) in [5, 5.41) is 3.04. The van der Waals surface area contributed by atoms with Crippen molar-refractivity contribution in [3.8, 4) is 0 Å². The molecular weight excluding hydrogens is 240 g/mol. The van der Waals surface area contributed by atoms with Crippen molar-refractivity contribution in [2.24, 2.45) is 5.92 Å². The maximum atomic E-state index is 12.2. The Morgan fingerprint density at radius 3 is 2.53 bits per heavy atom. The number of hydrogen-bond donors (Lipinski definition) is 1. The van der Waals surface area contributed by atoms with Crippen LogP contribution in [0.2, 0.25) is 0 Å². The van der Waals surface area contributed by atoms with E-state index in [9.17, 15) is 9.59 Å². The Kier molecular flexibility index (Phi) is 3.23. The van der Waals surface area contributed by atoms with Crippen LogP contribution in [0.1, 0.15) is 29.6 Å². The van der Waals surface area contributed by atoms with Crippen LogP contribution >= 0.6 is 0 Å². The lowest BCUT2D eigenvalue weighted by molar-refractivity contribution is -0.122. The van der Waals surface area contributed by atoms with Gasteiger partial charge in [-0.2, -0.15) is 0 Å². The van der Waals surface area contributed by atoms with Crippen LogP contribution in [0.4, 0.5) is 0 Å². The molecule has 1 heterocycles. The van der Waals surface area contributed by atoms with Crippen molar-refractivity contribution >= 4 is 11.8 Å². The molecule has 1 aliphatic heterocycles. The first-order valence-corrected chi connectivity index (χ1v) is 6.89. The molecular formula is C15H18N2O2. The smallest absolute Gasteiger partial charge is 0.253 e. The second-order valence-corrected chi connectivity index (χ2v) is 5.39. The van der Waals surface area contributed by atoms with Crippen molar-refractivity contribution in [1.29, 1.82) is 0 Å². The Morgan fingerprint density at radius 1 is 1.11 bits per heavy atom. The minimum Gasteiger partial charge on any atom is -0.351 e. The summed E-state index contributed by atoms with van der Waals surface area (Å²) in [7, 11) is 0. The van der Waals surface area contributed by atoms with Crippen molar-refractivity contribution < 1.29 is 9.59 Å². The summed E-state index contributed by atoms with van der Waals surface area (Å²) in [5.74, 6) is 0.460. The molecule has 1 saturated heterocycles. The standard InChI is InChI=1S/C15H18N2O2/c18-14(11-6-7-11)16-13-8-9-17(10-13)15(19)12-4-2-1-3-5-12/h1-5,11,13H,6-10H2,(H,16,18)/t13-/m1/s1. The molecule has 0 radical (unpaired) electrons.